The highest BCUT2D eigenvalue weighted by molar-refractivity contribution is 5.79. The van der Waals surface area contributed by atoms with Crippen molar-refractivity contribution in [3.63, 3.8) is 0 Å². The molecule has 0 fully saturated rings. The van der Waals surface area contributed by atoms with E-state index in [2.05, 4.69) is 5.32 Å². The summed E-state index contributed by atoms with van der Waals surface area (Å²) in [6, 6.07) is 7.28. The third-order valence-corrected chi connectivity index (χ3v) is 2.52. The minimum atomic E-state index is -0.145. The van der Waals surface area contributed by atoms with Crippen LogP contribution in [0.1, 0.15) is 5.56 Å². The Balaban J connectivity index is 2.52. The molecule has 100 valence electrons. The Morgan fingerprint density at radius 3 is 2.83 bits per heavy atom. The lowest BCUT2D eigenvalue weighted by molar-refractivity contribution is -0.121. The van der Waals surface area contributed by atoms with Gasteiger partial charge in [-0.1, -0.05) is 12.1 Å². The fourth-order valence-corrected chi connectivity index (χ4v) is 1.62. The summed E-state index contributed by atoms with van der Waals surface area (Å²) >= 11 is 0. The van der Waals surface area contributed by atoms with Crippen molar-refractivity contribution in [3.05, 3.63) is 29.8 Å². The smallest absolute Gasteiger partial charge is 0.224 e. The highest BCUT2D eigenvalue weighted by atomic mass is 16.5. The molecular weight excluding hydrogens is 232 g/mol. The maximum atomic E-state index is 11.8. The van der Waals surface area contributed by atoms with Crippen LogP contribution in [0.3, 0.4) is 0 Å². The van der Waals surface area contributed by atoms with Gasteiger partial charge in [-0.3, -0.25) is 4.79 Å². The number of amides is 1. The predicted molar refractivity (Wildman–Crippen MR) is 69.6 cm³/mol. The topological polar surface area (TPSA) is 73.6 Å². The number of ether oxygens (including phenoxy) is 2. The molecule has 18 heavy (non-hydrogen) atoms. The van der Waals surface area contributed by atoms with Crippen molar-refractivity contribution in [2.45, 2.75) is 12.5 Å². The summed E-state index contributed by atoms with van der Waals surface area (Å²) in [7, 11) is 3.18. The summed E-state index contributed by atoms with van der Waals surface area (Å²) in [5, 5.41) is 2.82. The molecule has 5 nitrogen and oxygen atoms in total. The first-order valence-corrected chi connectivity index (χ1v) is 5.81. The molecule has 1 aromatic carbocycles. The van der Waals surface area contributed by atoms with Crippen LogP contribution in [0.4, 0.5) is 0 Å². The third-order valence-electron chi connectivity index (χ3n) is 2.52. The molecule has 5 heteroatoms. The maximum absolute atomic E-state index is 11.8. The van der Waals surface area contributed by atoms with Crippen molar-refractivity contribution in [2.75, 3.05) is 27.4 Å². The lowest BCUT2D eigenvalue weighted by Crippen LogP contribution is -2.43. The SMILES string of the molecule is COCC(CN)NC(=O)Cc1cccc(OC)c1. The van der Waals surface area contributed by atoms with Crippen molar-refractivity contribution in [2.24, 2.45) is 5.73 Å². The van der Waals surface area contributed by atoms with Gasteiger partial charge in [0.05, 0.1) is 26.2 Å². The van der Waals surface area contributed by atoms with E-state index >= 15 is 0 Å². The number of carbonyl (C=O) groups is 1. The third kappa shape index (κ3) is 4.73. The normalized spacial score (nSPS) is 11.9. The van der Waals surface area contributed by atoms with Crippen molar-refractivity contribution in [1.82, 2.24) is 5.32 Å². The first kappa shape index (κ1) is 14.5. The summed E-state index contributed by atoms with van der Waals surface area (Å²) in [5.41, 5.74) is 6.43. The highest BCUT2D eigenvalue weighted by Crippen LogP contribution is 2.12. The fourth-order valence-electron chi connectivity index (χ4n) is 1.62. The zero-order valence-corrected chi connectivity index (χ0v) is 10.8. The van der Waals surface area contributed by atoms with Crippen LogP contribution in [0, 0.1) is 0 Å². The quantitative estimate of drug-likeness (QED) is 0.733. The van der Waals surface area contributed by atoms with Gasteiger partial charge in [-0.25, -0.2) is 0 Å². The molecule has 1 unspecified atom stereocenters. The molecule has 0 spiro atoms. The Morgan fingerprint density at radius 1 is 1.44 bits per heavy atom. The second-order valence-corrected chi connectivity index (χ2v) is 3.98. The summed E-state index contributed by atoms with van der Waals surface area (Å²) < 4.78 is 10.1. The van der Waals surface area contributed by atoms with Crippen molar-refractivity contribution in [3.8, 4) is 5.75 Å². The van der Waals surface area contributed by atoms with E-state index in [1.54, 1.807) is 14.2 Å². The zero-order chi connectivity index (χ0) is 13.4. The lowest BCUT2D eigenvalue weighted by atomic mass is 10.1. The summed E-state index contributed by atoms with van der Waals surface area (Å²) in [6.45, 7) is 0.776. The molecule has 1 amide bonds. The van der Waals surface area contributed by atoms with Crippen molar-refractivity contribution in [1.29, 1.82) is 0 Å². The van der Waals surface area contributed by atoms with Crippen LogP contribution < -0.4 is 15.8 Å². The molecule has 0 saturated carbocycles. The van der Waals surface area contributed by atoms with Gasteiger partial charge in [0.25, 0.3) is 0 Å². The molecule has 0 aliphatic rings. The maximum Gasteiger partial charge on any atom is 0.224 e. The molecule has 0 radical (unpaired) electrons. The van der Waals surface area contributed by atoms with Crippen molar-refractivity contribution < 1.29 is 14.3 Å². The Kier molecular flexibility index (Phi) is 6.18. The first-order valence-electron chi connectivity index (χ1n) is 5.81. The van der Waals surface area contributed by atoms with Gasteiger partial charge in [0, 0.05) is 13.7 Å². The fraction of sp³-hybridized carbons (Fsp3) is 0.462. The van der Waals surface area contributed by atoms with E-state index in [0.29, 0.717) is 19.6 Å². The van der Waals surface area contributed by atoms with Gasteiger partial charge in [-0.2, -0.15) is 0 Å². The van der Waals surface area contributed by atoms with Gasteiger partial charge in [-0.05, 0) is 17.7 Å². The molecule has 0 heterocycles. The van der Waals surface area contributed by atoms with Gasteiger partial charge in [-0.15, -0.1) is 0 Å². The summed E-state index contributed by atoms with van der Waals surface area (Å²) in [4.78, 5) is 11.8. The molecule has 0 aliphatic carbocycles. The molecule has 0 bridgehead atoms. The van der Waals surface area contributed by atoms with Crippen LogP contribution in [0.25, 0.3) is 0 Å². The van der Waals surface area contributed by atoms with Crippen molar-refractivity contribution >= 4 is 5.91 Å². The Morgan fingerprint density at radius 2 is 2.22 bits per heavy atom. The molecule has 1 rings (SSSR count). The van der Waals surface area contributed by atoms with Crippen LogP contribution in [0.2, 0.25) is 0 Å². The van der Waals surface area contributed by atoms with Gasteiger partial charge in [0.1, 0.15) is 5.75 Å². The van der Waals surface area contributed by atoms with E-state index in [4.69, 9.17) is 15.2 Å². The number of nitrogens with one attached hydrogen (secondary N) is 1. The predicted octanol–water partition coefficient (Wildman–Crippen LogP) is 0.328. The Labute approximate surface area is 107 Å². The summed E-state index contributed by atoms with van der Waals surface area (Å²) in [5.74, 6) is 0.670. The number of nitrogens with two attached hydrogens (primary N) is 1. The van der Waals surface area contributed by atoms with E-state index in [0.717, 1.165) is 11.3 Å². The zero-order valence-electron chi connectivity index (χ0n) is 10.8. The van der Waals surface area contributed by atoms with E-state index in [-0.39, 0.29) is 11.9 Å². The number of carbonyl (C=O) groups excluding carboxylic acids is 1. The van der Waals surface area contributed by atoms with Gasteiger partial charge < -0.3 is 20.5 Å². The molecule has 1 atom stereocenters. The van der Waals surface area contributed by atoms with E-state index in [1.807, 2.05) is 24.3 Å². The van der Waals surface area contributed by atoms with Gasteiger partial charge >= 0.3 is 0 Å². The summed E-state index contributed by atoms with van der Waals surface area (Å²) in [6.07, 6.45) is 0.303. The monoisotopic (exact) mass is 252 g/mol. The van der Waals surface area contributed by atoms with Crippen LogP contribution in [0.5, 0.6) is 5.75 Å². The minimum Gasteiger partial charge on any atom is -0.497 e. The Bertz CT molecular complexity index is 382. The van der Waals surface area contributed by atoms with E-state index in [9.17, 15) is 4.79 Å². The molecular formula is C13H20N2O3. The lowest BCUT2D eigenvalue weighted by Gasteiger charge is -2.15. The number of rotatable bonds is 7. The van der Waals surface area contributed by atoms with Crippen LogP contribution in [-0.2, 0) is 16.0 Å². The second-order valence-electron chi connectivity index (χ2n) is 3.98. The second kappa shape index (κ2) is 7.68. The number of hydrogen-bond donors (Lipinski definition) is 2. The average Bonchev–Trinajstić information content (AvgIpc) is 2.38. The van der Waals surface area contributed by atoms with Crippen LogP contribution in [0.15, 0.2) is 24.3 Å². The van der Waals surface area contributed by atoms with E-state index in [1.165, 1.54) is 0 Å². The van der Waals surface area contributed by atoms with Crippen LogP contribution in [-0.4, -0.2) is 39.3 Å². The first-order chi connectivity index (χ1) is 8.69. The molecule has 1 aromatic rings. The molecule has 0 aliphatic heterocycles. The average molecular weight is 252 g/mol. The Hall–Kier alpha value is -1.59. The molecule has 3 N–H and O–H groups in total. The standard InChI is InChI=1S/C13H20N2O3/c1-17-9-11(8-14)15-13(16)7-10-4-3-5-12(6-10)18-2/h3-6,11H,7-9,14H2,1-2H3,(H,15,16). The molecule has 0 aromatic heterocycles. The number of methoxy groups -OCH3 is 2. The number of benzene rings is 1. The number of hydrogen-bond acceptors (Lipinski definition) is 4. The molecule has 0 saturated heterocycles. The minimum absolute atomic E-state index is 0.0734. The largest absolute Gasteiger partial charge is 0.497 e. The van der Waals surface area contributed by atoms with Gasteiger partial charge in [0.2, 0.25) is 5.91 Å². The van der Waals surface area contributed by atoms with Gasteiger partial charge in [0.15, 0.2) is 0 Å². The van der Waals surface area contributed by atoms with Crippen LogP contribution >= 0.6 is 0 Å². The van der Waals surface area contributed by atoms with E-state index < -0.39 is 0 Å². The highest BCUT2D eigenvalue weighted by Gasteiger charge is 2.11.